The van der Waals surface area contributed by atoms with Crippen molar-refractivity contribution < 1.29 is 14.6 Å². The monoisotopic (exact) mass is 214 g/mol. The highest BCUT2D eigenvalue weighted by molar-refractivity contribution is 5.09. The number of aliphatic hydroxyl groups excluding tert-OH is 1. The van der Waals surface area contributed by atoms with Gasteiger partial charge in [-0.05, 0) is 27.7 Å². The first kappa shape index (κ1) is 12.7. The van der Waals surface area contributed by atoms with E-state index in [1.807, 2.05) is 39.8 Å². The lowest BCUT2D eigenvalue weighted by Crippen LogP contribution is -2.36. The molecule has 0 radical (unpaired) electrons. The molecule has 0 saturated heterocycles. The maximum absolute atomic E-state index is 9.21. The largest absolute Gasteiger partial charge is 0.396 e. The number of aliphatic hydroxyl groups is 1. The molecule has 88 valence electrons. The van der Waals surface area contributed by atoms with Gasteiger partial charge >= 0.3 is 0 Å². The van der Waals surface area contributed by atoms with Crippen molar-refractivity contribution in [3.8, 4) is 0 Å². The van der Waals surface area contributed by atoms with Gasteiger partial charge in [0.2, 0.25) is 0 Å². The second-order valence-corrected chi connectivity index (χ2v) is 4.53. The molecule has 0 aromatic rings. The fourth-order valence-electron chi connectivity index (χ4n) is 1.81. The van der Waals surface area contributed by atoms with E-state index >= 15 is 0 Å². The van der Waals surface area contributed by atoms with Crippen molar-refractivity contribution in [1.29, 1.82) is 0 Å². The Morgan fingerprint density at radius 1 is 1.07 bits per heavy atom. The molecule has 1 aliphatic carbocycles. The molecule has 0 bridgehead atoms. The Balaban J connectivity index is 2.58. The van der Waals surface area contributed by atoms with E-state index in [0.717, 1.165) is 0 Å². The van der Waals surface area contributed by atoms with E-state index in [-0.39, 0.29) is 36.9 Å². The van der Waals surface area contributed by atoms with Gasteiger partial charge in [-0.3, -0.25) is 0 Å². The minimum atomic E-state index is -0.0441. The van der Waals surface area contributed by atoms with E-state index in [1.165, 1.54) is 0 Å². The third-order valence-electron chi connectivity index (χ3n) is 2.36. The van der Waals surface area contributed by atoms with Gasteiger partial charge in [-0.1, -0.05) is 12.2 Å². The quantitative estimate of drug-likeness (QED) is 0.709. The molecule has 3 nitrogen and oxygen atoms in total. The van der Waals surface area contributed by atoms with Crippen molar-refractivity contribution in [3.63, 3.8) is 0 Å². The average molecular weight is 214 g/mol. The molecule has 0 aliphatic heterocycles. The predicted octanol–water partition coefficient (Wildman–Crippen LogP) is 1.75. The van der Waals surface area contributed by atoms with Crippen molar-refractivity contribution in [3.05, 3.63) is 12.2 Å². The fraction of sp³-hybridized carbons (Fsp3) is 0.833. The molecule has 3 heteroatoms. The van der Waals surface area contributed by atoms with Crippen molar-refractivity contribution >= 4 is 0 Å². The zero-order chi connectivity index (χ0) is 11.4. The molecule has 0 unspecified atom stereocenters. The van der Waals surface area contributed by atoms with E-state index in [0.29, 0.717) is 0 Å². The first-order chi connectivity index (χ1) is 7.04. The first-order valence-electron chi connectivity index (χ1n) is 5.64. The van der Waals surface area contributed by atoms with E-state index in [2.05, 4.69) is 0 Å². The molecule has 0 aromatic heterocycles. The van der Waals surface area contributed by atoms with Crippen LogP contribution in [0.3, 0.4) is 0 Å². The molecule has 0 fully saturated rings. The van der Waals surface area contributed by atoms with Gasteiger partial charge in [0, 0.05) is 5.92 Å². The zero-order valence-corrected chi connectivity index (χ0v) is 10.0. The van der Waals surface area contributed by atoms with Crippen LogP contribution in [0.4, 0.5) is 0 Å². The number of rotatable bonds is 5. The normalized spacial score (nSPS) is 30.7. The van der Waals surface area contributed by atoms with E-state index in [1.54, 1.807) is 0 Å². The Morgan fingerprint density at radius 3 is 2.13 bits per heavy atom. The van der Waals surface area contributed by atoms with Gasteiger partial charge in [0.05, 0.1) is 24.9 Å². The Morgan fingerprint density at radius 2 is 1.67 bits per heavy atom. The SMILES string of the molecule is CC(C)O[C@H]1[C@@H](OC(C)C)C=C[C@H]1CO. The summed E-state index contributed by atoms with van der Waals surface area (Å²) in [4.78, 5) is 0. The summed E-state index contributed by atoms with van der Waals surface area (Å²) in [5.41, 5.74) is 0. The lowest BCUT2D eigenvalue weighted by Gasteiger charge is -2.27. The van der Waals surface area contributed by atoms with E-state index in [4.69, 9.17) is 9.47 Å². The third-order valence-corrected chi connectivity index (χ3v) is 2.36. The molecule has 1 aliphatic rings. The van der Waals surface area contributed by atoms with Crippen molar-refractivity contribution in [2.75, 3.05) is 6.61 Å². The van der Waals surface area contributed by atoms with Gasteiger partial charge in [-0.2, -0.15) is 0 Å². The molecule has 1 rings (SSSR count). The zero-order valence-electron chi connectivity index (χ0n) is 10.0. The van der Waals surface area contributed by atoms with Crippen LogP contribution in [0, 0.1) is 5.92 Å². The maximum Gasteiger partial charge on any atom is 0.103 e. The lowest BCUT2D eigenvalue weighted by molar-refractivity contribution is -0.104. The highest BCUT2D eigenvalue weighted by atomic mass is 16.6. The Bertz CT molecular complexity index is 211. The minimum absolute atomic E-state index is 0.0236. The van der Waals surface area contributed by atoms with Crippen LogP contribution < -0.4 is 0 Å². The van der Waals surface area contributed by atoms with Crippen LogP contribution in [0.5, 0.6) is 0 Å². The average Bonchev–Trinajstić information content (AvgIpc) is 2.47. The second kappa shape index (κ2) is 5.64. The van der Waals surface area contributed by atoms with Crippen LogP contribution in [0.1, 0.15) is 27.7 Å². The van der Waals surface area contributed by atoms with E-state index in [9.17, 15) is 5.11 Å². The third kappa shape index (κ3) is 3.59. The van der Waals surface area contributed by atoms with Gasteiger partial charge in [-0.15, -0.1) is 0 Å². The van der Waals surface area contributed by atoms with Crippen molar-refractivity contribution in [2.45, 2.75) is 52.1 Å². The molecular weight excluding hydrogens is 192 g/mol. The van der Waals surface area contributed by atoms with Crippen molar-refractivity contribution in [1.82, 2.24) is 0 Å². The molecule has 1 N–H and O–H groups in total. The Hall–Kier alpha value is -0.380. The van der Waals surface area contributed by atoms with Crippen LogP contribution in [0.25, 0.3) is 0 Å². The van der Waals surface area contributed by atoms with Gasteiger partial charge in [0.15, 0.2) is 0 Å². The Kier molecular flexibility index (Phi) is 4.77. The maximum atomic E-state index is 9.21. The van der Waals surface area contributed by atoms with Crippen LogP contribution in [-0.2, 0) is 9.47 Å². The summed E-state index contributed by atoms with van der Waals surface area (Å²) < 4.78 is 11.5. The van der Waals surface area contributed by atoms with Gasteiger partial charge in [-0.25, -0.2) is 0 Å². The second-order valence-electron chi connectivity index (χ2n) is 4.53. The molecule has 0 spiro atoms. The summed E-state index contributed by atoms with van der Waals surface area (Å²) in [6.45, 7) is 8.13. The number of hydrogen-bond acceptors (Lipinski definition) is 3. The Labute approximate surface area is 92.1 Å². The molecule has 0 aromatic carbocycles. The smallest absolute Gasteiger partial charge is 0.103 e. The fourth-order valence-corrected chi connectivity index (χ4v) is 1.81. The molecule has 0 saturated carbocycles. The summed E-state index contributed by atoms with van der Waals surface area (Å²) in [7, 11) is 0. The molecule has 3 atom stereocenters. The highest BCUT2D eigenvalue weighted by Gasteiger charge is 2.33. The van der Waals surface area contributed by atoms with Crippen LogP contribution in [-0.4, -0.2) is 36.1 Å². The molecule has 0 amide bonds. The number of hydrogen-bond donors (Lipinski definition) is 1. The summed E-state index contributed by atoms with van der Waals surface area (Å²) >= 11 is 0. The topological polar surface area (TPSA) is 38.7 Å². The molecule has 0 heterocycles. The minimum Gasteiger partial charge on any atom is -0.396 e. The summed E-state index contributed by atoms with van der Waals surface area (Å²) in [6.07, 6.45) is 4.24. The van der Waals surface area contributed by atoms with E-state index < -0.39 is 0 Å². The van der Waals surface area contributed by atoms with Crippen molar-refractivity contribution in [2.24, 2.45) is 5.92 Å². The summed E-state index contributed by atoms with van der Waals surface area (Å²) in [6, 6.07) is 0. The standard InChI is InChI=1S/C12H22O3/c1-8(2)14-11-6-5-10(7-13)12(11)15-9(3)4/h5-6,8-13H,7H2,1-4H3/t10-,11-,12+/m0/s1. The van der Waals surface area contributed by atoms with Gasteiger partial charge < -0.3 is 14.6 Å². The molecule has 15 heavy (non-hydrogen) atoms. The van der Waals surface area contributed by atoms with Crippen LogP contribution in [0.15, 0.2) is 12.2 Å². The van der Waals surface area contributed by atoms with Crippen LogP contribution >= 0.6 is 0 Å². The predicted molar refractivity (Wildman–Crippen MR) is 59.7 cm³/mol. The first-order valence-corrected chi connectivity index (χ1v) is 5.64. The van der Waals surface area contributed by atoms with Crippen LogP contribution in [0.2, 0.25) is 0 Å². The number of ether oxygens (including phenoxy) is 2. The summed E-state index contributed by atoms with van der Waals surface area (Å²) in [5, 5.41) is 9.21. The highest BCUT2D eigenvalue weighted by Crippen LogP contribution is 2.26. The van der Waals surface area contributed by atoms with Gasteiger partial charge in [0.25, 0.3) is 0 Å². The summed E-state index contributed by atoms with van der Waals surface area (Å²) in [5.74, 6) is 0.0659. The molecular formula is C12H22O3. The van der Waals surface area contributed by atoms with Gasteiger partial charge in [0.1, 0.15) is 6.10 Å². The lowest BCUT2D eigenvalue weighted by atomic mass is 10.1.